The molecule has 0 unspecified atom stereocenters. The van der Waals surface area contributed by atoms with Gasteiger partial charge in [-0.3, -0.25) is 12.2 Å². The average molecular weight is 1130 g/mol. The fourth-order valence-corrected chi connectivity index (χ4v) is 9.86. The van der Waals surface area contributed by atoms with Gasteiger partial charge in [0, 0.05) is 11.5 Å². The molecule has 0 saturated carbocycles. The topological polar surface area (TPSA) is 18.5 Å². The zero-order valence-corrected chi connectivity index (χ0v) is 47.6. The Morgan fingerprint density at radius 1 is 0.417 bits per heavy atom. The monoisotopic (exact) mass is 1130 g/mol. The number of halogens is 2. The van der Waals surface area contributed by atoms with Gasteiger partial charge in [0.25, 0.3) is 0 Å². The van der Waals surface area contributed by atoms with Gasteiger partial charge in [-0.25, -0.2) is 23.3 Å². The second kappa shape index (κ2) is 30.4. The SMILES string of the molecule is CC1=CC[C-]=C1.CC1=CC[C-]=C1.COc1cc[c-]c2c1-c1ccccc1C2.COc1cc[c-]c2c1-c1ccccc1C2.[Cl-].[Cl-].[Zr+2]=[C](c1ccccc1)c1ccccc1.[Zr+2]=[C](c1ccccc1)c1ccccc1. The minimum atomic E-state index is 0. The van der Waals surface area contributed by atoms with Crippen LogP contribution in [0.5, 0.6) is 11.5 Å². The molecule has 8 aromatic carbocycles. The molecule has 72 heavy (non-hydrogen) atoms. The van der Waals surface area contributed by atoms with Crippen LogP contribution in [0, 0.1) is 24.3 Å². The Morgan fingerprint density at radius 2 is 0.722 bits per heavy atom. The van der Waals surface area contributed by atoms with Gasteiger partial charge in [-0.1, -0.05) is 70.8 Å². The molecule has 0 atom stereocenters. The number of rotatable bonds is 6. The third-order valence-electron chi connectivity index (χ3n) is 11.8. The van der Waals surface area contributed by atoms with Crippen molar-refractivity contribution in [3.8, 4) is 33.8 Å². The summed E-state index contributed by atoms with van der Waals surface area (Å²) in [5.41, 5.74) is 18.3. The summed E-state index contributed by atoms with van der Waals surface area (Å²) in [5.74, 6) is 1.90. The van der Waals surface area contributed by atoms with E-state index in [1.165, 1.54) is 133 Å². The van der Waals surface area contributed by atoms with Gasteiger partial charge in [0.05, 0.1) is 14.2 Å². The predicted octanol–water partition coefficient (Wildman–Crippen LogP) is 9.14. The summed E-state index contributed by atoms with van der Waals surface area (Å²) in [6, 6.07) is 73.5. The fraction of sp³-hybridized carbons (Fsp3) is 0.121. The van der Waals surface area contributed by atoms with Crippen molar-refractivity contribution in [3.63, 3.8) is 0 Å². The van der Waals surface area contributed by atoms with Crippen LogP contribution in [0.25, 0.3) is 22.3 Å². The van der Waals surface area contributed by atoms with E-state index in [9.17, 15) is 0 Å². The number of hydrogen-bond donors (Lipinski definition) is 0. The molecule has 4 aliphatic carbocycles. The third-order valence-corrected chi connectivity index (χ3v) is 14.7. The first-order valence-corrected chi connectivity index (χ1v) is 26.0. The van der Waals surface area contributed by atoms with Crippen molar-refractivity contribution < 1.29 is 82.8 Å². The summed E-state index contributed by atoms with van der Waals surface area (Å²) in [5, 5.41) is 0. The maximum absolute atomic E-state index is 5.39. The van der Waals surface area contributed by atoms with E-state index in [2.05, 4.69) is 220 Å². The van der Waals surface area contributed by atoms with Gasteiger partial charge in [0.2, 0.25) is 0 Å². The number of benzene rings is 8. The molecule has 0 radical (unpaired) electrons. The number of methoxy groups -OCH3 is 2. The van der Waals surface area contributed by atoms with E-state index in [0.717, 1.165) is 37.2 Å². The Labute approximate surface area is 470 Å². The van der Waals surface area contributed by atoms with Crippen LogP contribution in [0.3, 0.4) is 0 Å². The Morgan fingerprint density at radius 3 is 0.986 bits per heavy atom. The molecular formula is C66H56Cl2O2Zr2-2. The molecule has 0 amide bonds. The van der Waals surface area contributed by atoms with Crippen molar-refractivity contribution in [2.45, 2.75) is 39.5 Å². The molecule has 2 nitrogen and oxygen atoms in total. The second-order valence-electron chi connectivity index (χ2n) is 16.7. The molecule has 0 aliphatic heterocycles. The minimum absolute atomic E-state index is 0. The summed E-state index contributed by atoms with van der Waals surface area (Å²) >= 11 is 2.92. The molecule has 0 N–H and O–H groups in total. The summed E-state index contributed by atoms with van der Waals surface area (Å²) in [4.78, 5) is 0. The van der Waals surface area contributed by atoms with Crippen LogP contribution in [0.1, 0.15) is 71.2 Å². The average Bonchev–Trinajstić information content (AvgIpc) is 4.27. The fourth-order valence-electron chi connectivity index (χ4n) is 8.22. The Kier molecular flexibility index (Phi) is 24.2. The van der Waals surface area contributed by atoms with Crippen molar-refractivity contribution in [2.24, 2.45) is 0 Å². The standard InChI is InChI=1S/2C14H11O.2C13H10.2C6H7.2ClH.2Zr/c2*1-15-13-8-4-6-11-9-10-5-2-3-7-12(10)14(11)13;2*1-3-7-12(8-4-1)11-13-9-5-2-6-10-13;2*1-6-4-2-3-5-6;;;;/h2*2-5,7-8H,9H2,1H3;2*1-10H;2*4-5H,2H2,1H3;2*1H;;/q2*-1;;;2*-1;;;2*+2/p-2. The molecule has 356 valence electrons. The summed E-state index contributed by atoms with van der Waals surface area (Å²) in [6.45, 7) is 4.17. The summed E-state index contributed by atoms with van der Waals surface area (Å²) < 4.78 is 13.6. The van der Waals surface area contributed by atoms with Gasteiger partial charge in [-0.15, -0.1) is 49.9 Å². The maximum atomic E-state index is 5.39. The molecule has 4 aliphatic rings. The van der Waals surface area contributed by atoms with Crippen LogP contribution in [-0.2, 0) is 61.3 Å². The van der Waals surface area contributed by atoms with Gasteiger partial charge in [-0.05, 0) is 24.0 Å². The van der Waals surface area contributed by atoms with E-state index in [0.29, 0.717) is 0 Å². The molecule has 0 spiro atoms. The first-order chi connectivity index (χ1) is 34.3. The van der Waals surface area contributed by atoms with Gasteiger partial charge in [0.1, 0.15) is 0 Å². The zero-order valence-electron chi connectivity index (χ0n) is 41.2. The molecule has 8 aromatic rings. The van der Waals surface area contributed by atoms with Crippen LogP contribution >= 0.6 is 0 Å². The number of hydrogen-bond acceptors (Lipinski definition) is 2. The van der Waals surface area contributed by atoms with Crippen LogP contribution in [0.15, 0.2) is 230 Å². The second-order valence-corrected chi connectivity index (χ2v) is 19.1. The first-order valence-electron chi connectivity index (χ1n) is 23.5. The summed E-state index contributed by atoms with van der Waals surface area (Å²) in [7, 11) is 3.44. The molecular weight excluding hydrogens is 1080 g/mol. The van der Waals surface area contributed by atoms with Gasteiger partial charge >= 0.3 is 198 Å². The van der Waals surface area contributed by atoms with E-state index < -0.39 is 0 Å². The van der Waals surface area contributed by atoms with Gasteiger partial charge in [0.15, 0.2) is 0 Å². The number of fused-ring (bicyclic) bond motifs is 6. The van der Waals surface area contributed by atoms with E-state index >= 15 is 0 Å². The third kappa shape index (κ3) is 16.2. The van der Waals surface area contributed by atoms with E-state index in [1.807, 2.05) is 36.4 Å². The molecule has 0 heterocycles. The zero-order chi connectivity index (χ0) is 48.9. The molecule has 0 bridgehead atoms. The van der Waals surface area contributed by atoms with Crippen LogP contribution < -0.4 is 34.3 Å². The van der Waals surface area contributed by atoms with Gasteiger partial charge in [-0.2, -0.15) is 36.4 Å². The van der Waals surface area contributed by atoms with Crippen molar-refractivity contribution in [1.82, 2.24) is 0 Å². The summed E-state index contributed by atoms with van der Waals surface area (Å²) in [6.07, 6.45) is 18.4. The van der Waals surface area contributed by atoms with Crippen LogP contribution in [0.2, 0.25) is 0 Å². The van der Waals surface area contributed by atoms with Crippen molar-refractivity contribution in [2.75, 3.05) is 14.2 Å². The molecule has 0 aromatic heterocycles. The van der Waals surface area contributed by atoms with Crippen molar-refractivity contribution >= 4 is 6.41 Å². The molecule has 0 fully saturated rings. The normalized spacial score (nSPS) is 11.9. The Bertz CT molecular complexity index is 2800. The Balaban J connectivity index is 0.000000164. The number of ether oxygens (including phenoxy) is 2. The number of allylic oxidation sites excluding steroid dienone is 8. The van der Waals surface area contributed by atoms with Crippen molar-refractivity contribution in [3.05, 3.63) is 298 Å². The van der Waals surface area contributed by atoms with Crippen molar-refractivity contribution in [1.29, 1.82) is 0 Å². The molecule has 12 rings (SSSR count). The first kappa shape index (κ1) is 57.3. The van der Waals surface area contributed by atoms with Crippen LogP contribution in [0.4, 0.5) is 0 Å². The van der Waals surface area contributed by atoms with Crippen LogP contribution in [-0.4, -0.2) is 20.6 Å². The quantitative estimate of drug-likeness (QED) is 0.155. The molecule has 0 saturated heterocycles. The van der Waals surface area contributed by atoms with Gasteiger partial charge < -0.3 is 34.3 Å². The molecule has 6 heteroatoms. The van der Waals surface area contributed by atoms with E-state index in [1.54, 1.807) is 14.2 Å². The Hall–Kier alpha value is -5.59. The van der Waals surface area contributed by atoms with E-state index in [4.69, 9.17) is 9.47 Å². The van der Waals surface area contributed by atoms with E-state index in [-0.39, 0.29) is 24.8 Å². The predicted molar refractivity (Wildman–Crippen MR) is 285 cm³/mol.